The minimum absolute atomic E-state index is 0.160. The van der Waals surface area contributed by atoms with Crippen molar-refractivity contribution in [3.63, 3.8) is 0 Å². The third kappa shape index (κ3) is 3.45. The van der Waals surface area contributed by atoms with Crippen LogP contribution in [0.1, 0.15) is 25.8 Å². The number of aliphatic carboxylic acids is 1. The molecule has 18 heavy (non-hydrogen) atoms. The van der Waals surface area contributed by atoms with Gasteiger partial charge >= 0.3 is 5.97 Å². The van der Waals surface area contributed by atoms with Gasteiger partial charge in [0, 0.05) is 0 Å². The van der Waals surface area contributed by atoms with Crippen LogP contribution in [0.4, 0.5) is 10.1 Å². The van der Waals surface area contributed by atoms with E-state index < -0.39 is 17.8 Å². The highest BCUT2D eigenvalue weighted by molar-refractivity contribution is 5.78. The number of carboxylic acids is 1. The van der Waals surface area contributed by atoms with Crippen molar-refractivity contribution in [2.45, 2.75) is 26.3 Å². The molecule has 0 heterocycles. The van der Waals surface area contributed by atoms with Crippen LogP contribution in [0.3, 0.4) is 0 Å². The van der Waals surface area contributed by atoms with Crippen molar-refractivity contribution in [1.82, 2.24) is 0 Å². The lowest BCUT2D eigenvalue weighted by Gasteiger charge is -2.18. The van der Waals surface area contributed by atoms with E-state index >= 15 is 0 Å². The quantitative estimate of drug-likeness (QED) is 0.842. The Bertz CT molecular complexity index is 480. The van der Waals surface area contributed by atoms with Gasteiger partial charge in [-0.15, -0.1) is 0 Å². The molecule has 1 aromatic carbocycles. The highest BCUT2D eigenvalue weighted by Crippen LogP contribution is 2.20. The number of hydrogen-bond donors (Lipinski definition) is 2. The Hall–Kier alpha value is -2.09. The number of nitrogens with one attached hydrogen (secondary N) is 1. The van der Waals surface area contributed by atoms with Crippen molar-refractivity contribution in [3.05, 3.63) is 29.6 Å². The molecule has 1 aromatic rings. The standard InChI is InChI=1S/C13H15FN2O2/c1-8(2)6-12(13(17)18)16-11-5-3-4-10(14)9(11)7-15/h3-5,8,12,16H,6H2,1-2H3,(H,17,18)/t12-/m0/s1. The van der Waals surface area contributed by atoms with E-state index in [1.54, 1.807) is 6.07 Å². The Kier molecular flexibility index (Phi) is 4.67. The average Bonchev–Trinajstić information content (AvgIpc) is 2.27. The first-order valence-corrected chi connectivity index (χ1v) is 5.63. The highest BCUT2D eigenvalue weighted by Gasteiger charge is 2.20. The van der Waals surface area contributed by atoms with E-state index in [9.17, 15) is 9.18 Å². The lowest BCUT2D eigenvalue weighted by atomic mass is 10.0. The molecule has 0 amide bonds. The number of nitriles is 1. The summed E-state index contributed by atoms with van der Waals surface area (Å²) in [5.74, 6) is -1.49. The first-order valence-electron chi connectivity index (χ1n) is 5.63. The molecule has 0 spiro atoms. The first-order chi connectivity index (χ1) is 8.45. The van der Waals surface area contributed by atoms with E-state index in [2.05, 4.69) is 5.32 Å². The molecular weight excluding hydrogens is 235 g/mol. The zero-order chi connectivity index (χ0) is 13.7. The summed E-state index contributed by atoms with van der Waals surface area (Å²) in [6.07, 6.45) is 0.400. The van der Waals surface area contributed by atoms with Gasteiger partial charge in [0.05, 0.1) is 5.69 Å². The second kappa shape index (κ2) is 6.01. The first kappa shape index (κ1) is 14.0. The van der Waals surface area contributed by atoms with Crippen molar-refractivity contribution in [1.29, 1.82) is 5.26 Å². The van der Waals surface area contributed by atoms with E-state index in [0.717, 1.165) is 0 Å². The zero-order valence-electron chi connectivity index (χ0n) is 10.3. The van der Waals surface area contributed by atoms with Crippen molar-refractivity contribution in [3.8, 4) is 6.07 Å². The van der Waals surface area contributed by atoms with E-state index in [1.165, 1.54) is 18.2 Å². The van der Waals surface area contributed by atoms with Crippen LogP contribution in [0.5, 0.6) is 0 Å². The molecule has 0 aromatic heterocycles. The maximum absolute atomic E-state index is 13.4. The molecule has 4 nitrogen and oxygen atoms in total. The van der Waals surface area contributed by atoms with Crippen LogP contribution in [0.25, 0.3) is 0 Å². The third-order valence-electron chi connectivity index (χ3n) is 2.46. The molecule has 5 heteroatoms. The largest absolute Gasteiger partial charge is 0.480 e. The van der Waals surface area contributed by atoms with Crippen LogP contribution in [-0.2, 0) is 4.79 Å². The predicted octanol–water partition coefficient (Wildman–Crippen LogP) is 2.61. The fourth-order valence-electron chi connectivity index (χ4n) is 1.64. The van der Waals surface area contributed by atoms with Gasteiger partial charge in [0.2, 0.25) is 0 Å². The summed E-state index contributed by atoms with van der Waals surface area (Å²) >= 11 is 0. The number of anilines is 1. The number of carbonyl (C=O) groups is 1. The van der Waals surface area contributed by atoms with Gasteiger partial charge in [-0.25, -0.2) is 9.18 Å². The van der Waals surface area contributed by atoms with E-state index in [1.807, 2.05) is 13.8 Å². The lowest BCUT2D eigenvalue weighted by Crippen LogP contribution is -2.31. The maximum Gasteiger partial charge on any atom is 0.326 e. The van der Waals surface area contributed by atoms with Gasteiger partial charge in [0.1, 0.15) is 23.5 Å². The maximum atomic E-state index is 13.4. The van der Waals surface area contributed by atoms with Crippen LogP contribution in [0.15, 0.2) is 18.2 Å². The SMILES string of the molecule is CC(C)C[C@H](Nc1cccc(F)c1C#N)C(=O)O. The summed E-state index contributed by atoms with van der Waals surface area (Å²) in [6, 6.07) is 5.00. The second-order valence-corrected chi connectivity index (χ2v) is 4.44. The van der Waals surface area contributed by atoms with Crippen LogP contribution in [0.2, 0.25) is 0 Å². The van der Waals surface area contributed by atoms with Gasteiger partial charge in [0.15, 0.2) is 0 Å². The Morgan fingerprint density at radius 2 is 2.22 bits per heavy atom. The Labute approximate surface area is 105 Å². The van der Waals surface area contributed by atoms with Crippen LogP contribution >= 0.6 is 0 Å². The Balaban J connectivity index is 2.98. The van der Waals surface area contributed by atoms with E-state index in [4.69, 9.17) is 10.4 Å². The molecule has 1 rings (SSSR count). The lowest BCUT2D eigenvalue weighted by molar-refractivity contribution is -0.138. The molecular formula is C13H15FN2O2. The third-order valence-corrected chi connectivity index (χ3v) is 2.46. The van der Waals surface area contributed by atoms with E-state index in [0.29, 0.717) is 6.42 Å². The molecule has 0 aliphatic rings. The average molecular weight is 250 g/mol. The summed E-state index contributed by atoms with van der Waals surface area (Å²) < 4.78 is 13.4. The van der Waals surface area contributed by atoms with Crippen molar-refractivity contribution in [2.24, 2.45) is 5.92 Å². The van der Waals surface area contributed by atoms with Gasteiger partial charge < -0.3 is 10.4 Å². The molecule has 0 bridgehead atoms. The molecule has 0 aliphatic heterocycles. The molecule has 0 fully saturated rings. The Morgan fingerprint density at radius 1 is 1.56 bits per heavy atom. The van der Waals surface area contributed by atoms with Crippen LogP contribution in [0, 0.1) is 23.1 Å². The molecule has 0 radical (unpaired) electrons. The summed E-state index contributed by atoms with van der Waals surface area (Å²) in [6.45, 7) is 3.79. The van der Waals surface area contributed by atoms with Crippen LogP contribution < -0.4 is 5.32 Å². The van der Waals surface area contributed by atoms with Gasteiger partial charge in [-0.1, -0.05) is 19.9 Å². The summed E-state index contributed by atoms with van der Waals surface area (Å²) in [5.41, 5.74) is 0.0538. The molecule has 96 valence electrons. The minimum Gasteiger partial charge on any atom is -0.480 e. The monoisotopic (exact) mass is 250 g/mol. The minimum atomic E-state index is -1.02. The Morgan fingerprint density at radius 3 is 2.72 bits per heavy atom. The summed E-state index contributed by atoms with van der Waals surface area (Å²) in [4.78, 5) is 11.1. The number of rotatable bonds is 5. The summed E-state index contributed by atoms with van der Waals surface area (Å²) in [5, 5.41) is 20.6. The predicted molar refractivity (Wildman–Crippen MR) is 65.6 cm³/mol. The number of carboxylic acid groups (broad SMARTS) is 1. The van der Waals surface area contributed by atoms with Crippen molar-refractivity contribution >= 4 is 11.7 Å². The van der Waals surface area contributed by atoms with Gasteiger partial charge in [-0.3, -0.25) is 0 Å². The molecule has 0 saturated carbocycles. The molecule has 0 unspecified atom stereocenters. The van der Waals surface area contributed by atoms with Crippen molar-refractivity contribution in [2.75, 3.05) is 5.32 Å². The number of benzene rings is 1. The molecule has 0 saturated heterocycles. The smallest absolute Gasteiger partial charge is 0.326 e. The van der Waals surface area contributed by atoms with E-state index in [-0.39, 0.29) is 17.2 Å². The van der Waals surface area contributed by atoms with Gasteiger partial charge in [-0.05, 0) is 24.5 Å². The van der Waals surface area contributed by atoms with Crippen molar-refractivity contribution < 1.29 is 14.3 Å². The normalized spacial score (nSPS) is 11.9. The molecule has 0 aliphatic carbocycles. The number of nitrogens with zero attached hydrogens (tertiary/aromatic N) is 1. The van der Waals surface area contributed by atoms with Crippen LogP contribution in [-0.4, -0.2) is 17.1 Å². The second-order valence-electron chi connectivity index (χ2n) is 4.44. The fourth-order valence-corrected chi connectivity index (χ4v) is 1.64. The number of halogens is 1. The molecule has 1 atom stereocenters. The topological polar surface area (TPSA) is 73.1 Å². The number of hydrogen-bond acceptors (Lipinski definition) is 3. The summed E-state index contributed by atoms with van der Waals surface area (Å²) in [7, 11) is 0. The molecule has 2 N–H and O–H groups in total. The zero-order valence-corrected chi connectivity index (χ0v) is 10.3. The fraction of sp³-hybridized carbons (Fsp3) is 0.385. The highest BCUT2D eigenvalue weighted by atomic mass is 19.1. The van der Waals surface area contributed by atoms with Gasteiger partial charge in [0.25, 0.3) is 0 Å². The van der Waals surface area contributed by atoms with Gasteiger partial charge in [-0.2, -0.15) is 5.26 Å².